The van der Waals surface area contributed by atoms with Gasteiger partial charge in [0.2, 0.25) is 23.7 Å². The molecule has 0 N–H and O–H groups in total. The Morgan fingerprint density at radius 1 is 0.792 bits per heavy atom. The van der Waals surface area contributed by atoms with Gasteiger partial charge < -0.3 is 0 Å². The number of para-hydroxylation sites is 1. The van der Waals surface area contributed by atoms with Crippen LogP contribution < -0.4 is 4.57 Å². The molecular weight excluding hydrogens is 329 g/mol. The van der Waals surface area contributed by atoms with Gasteiger partial charge >= 0.3 is 0 Å². The van der Waals surface area contributed by atoms with E-state index in [1.165, 1.54) is 10.8 Å². The van der Waals surface area contributed by atoms with Gasteiger partial charge in [0.05, 0.1) is 0 Å². The number of aromatic nitrogens is 1. The molecule has 0 aliphatic heterocycles. The van der Waals surface area contributed by atoms with Gasteiger partial charge in [-0.1, -0.05) is 12.1 Å². The zero-order chi connectivity index (χ0) is 17.4. The Kier molecular flexibility index (Phi) is 4.01. The summed E-state index contributed by atoms with van der Waals surface area (Å²) in [6, 6.07) is 10.2. The topological polar surface area (TPSA) is 20.9 Å². The number of Topliss-reactive ketones (excluding diaryl/α,β-unsaturated/α-hetero) is 1. The smallest absolute Gasteiger partial charge is 0.233 e. The third kappa shape index (κ3) is 2.51. The first kappa shape index (κ1) is 16.0. The summed E-state index contributed by atoms with van der Waals surface area (Å²) in [6.07, 6.45) is 1.48. The molecule has 1 heterocycles. The highest BCUT2D eigenvalue weighted by Crippen LogP contribution is 2.23. The standard InChI is InChI=1S/C17H9F5NO/c18-13-12(14(19)16(21)17(22)15(13)20)11(24)8-23-7-3-5-9-4-1-2-6-10(9)23/h1-7H,8H2/q+1. The Morgan fingerprint density at radius 3 is 2.00 bits per heavy atom. The molecule has 0 aliphatic rings. The largest absolute Gasteiger partial charge is 0.287 e. The summed E-state index contributed by atoms with van der Waals surface area (Å²) in [5.74, 6) is -12.0. The number of hydrogen-bond donors (Lipinski definition) is 0. The van der Waals surface area contributed by atoms with Crippen LogP contribution in [0, 0.1) is 29.1 Å². The van der Waals surface area contributed by atoms with Crippen molar-refractivity contribution in [1.82, 2.24) is 0 Å². The number of benzene rings is 2. The predicted molar refractivity (Wildman–Crippen MR) is 74.7 cm³/mol. The highest BCUT2D eigenvalue weighted by molar-refractivity contribution is 5.96. The molecule has 0 saturated heterocycles. The zero-order valence-corrected chi connectivity index (χ0v) is 12.0. The first-order chi connectivity index (χ1) is 11.4. The van der Waals surface area contributed by atoms with Crippen molar-refractivity contribution in [3.63, 3.8) is 0 Å². The molecule has 0 spiro atoms. The summed E-state index contributed by atoms with van der Waals surface area (Å²) >= 11 is 0. The number of hydrogen-bond acceptors (Lipinski definition) is 1. The summed E-state index contributed by atoms with van der Waals surface area (Å²) in [7, 11) is 0. The van der Waals surface area contributed by atoms with Crippen LogP contribution in [0.1, 0.15) is 10.4 Å². The van der Waals surface area contributed by atoms with Crippen LogP contribution in [0.4, 0.5) is 22.0 Å². The average molecular weight is 338 g/mol. The van der Waals surface area contributed by atoms with E-state index in [4.69, 9.17) is 0 Å². The monoisotopic (exact) mass is 338 g/mol. The van der Waals surface area contributed by atoms with E-state index in [9.17, 15) is 26.7 Å². The number of carbonyl (C=O) groups excluding carboxylic acids is 1. The fourth-order valence-electron chi connectivity index (χ4n) is 2.44. The lowest BCUT2D eigenvalue weighted by atomic mass is 10.1. The minimum absolute atomic E-state index is 0.570. The summed E-state index contributed by atoms with van der Waals surface area (Å²) in [6.45, 7) is -0.570. The van der Waals surface area contributed by atoms with Crippen molar-refractivity contribution in [2.45, 2.75) is 6.54 Å². The predicted octanol–water partition coefficient (Wildman–Crippen LogP) is 3.71. The summed E-state index contributed by atoms with van der Waals surface area (Å²) in [5, 5.41) is 0.755. The maximum absolute atomic E-state index is 13.7. The van der Waals surface area contributed by atoms with Crippen molar-refractivity contribution >= 4 is 16.7 Å². The molecule has 7 heteroatoms. The number of rotatable bonds is 3. The van der Waals surface area contributed by atoms with E-state index >= 15 is 0 Å². The number of pyridine rings is 1. The van der Waals surface area contributed by atoms with Crippen molar-refractivity contribution < 1.29 is 31.3 Å². The molecule has 0 bridgehead atoms. The van der Waals surface area contributed by atoms with Crippen molar-refractivity contribution in [2.24, 2.45) is 0 Å². The highest BCUT2D eigenvalue weighted by atomic mass is 19.2. The SMILES string of the molecule is O=C(C[n+]1cccc2ccccc21)c1c(F)c(F)c(F)c(F)c1F. The fourth-order valence-corrected chi connectivity index (χ4v) is 2.44. The normalized spacial score (nSPS) is 11.0. The molecule has 0 aliphatic carbocycles. The molecule has 0 atom stereocenters. The van der Waals surface area contributed by atoms with E-state index < -0.39 is 47.0 Å². The van der Waals surface area contributed by atoms with E-state index in [1.807, 2.05) is 0 Å². The van der Waals surface area contributed by atoms with Crippen LogP contribution in [0.5, 0.6) is 0 Å². The molecule has 24 heavy (non-hydrogen) atoms. The maximum atomic E-state index is 13.7. The van der Waals surface area contributed by atoms with Gasteiger partial charge in [-0.25, -0.2) is 22.0 Å². The number of nitrogens with zero attached hydrogens (tertiary/aromatic N) is 1. The quantitative estimate of drug-likeness (QED) is 0.234. The van der Waals surface area contributed by atoms with Crippen molar-refractivity contribution in [2.75, 3.05) is 0 Å². The Labute approximate surface area is 132 Å². The first-order valence-electron chi connectivity index (χ1n) is 6.83. The van der Waals surface area contributed by atoms with E-state index in [1.54, 1.807) is 36.4 Å². The van der Waals surface area contributed by atoms with Gasteiger partial charge in [-0.05, 0) is 12.1 Å². The second-order valence-electron chi connectivity index (χ2n) is 5.06. The van der Waals surface area contributed by atoms with Crippen LogP contribution in [0.3, 0.4) is 0 Å². The summed E-state index contributed by atoms with van der Waals surface area (Å²) < 4.78 is 68.3. The minimum Gasteiger partial charge on any atom is -0.287 e. The molecule has 122 valence electrons. The third-order valence-electron chi connectivity index (χ3n) is 3.59. The molecule has 2 aromatic carbocycles. The van der Waals surface area contributed by atoms with Gasteiger partial charge in [-0.15, -0.1) is 0 Å². The maximum Gasteiger partial charge on any atom is 0.233 e. The molecule has 3 aromatic rings. The van der Waals surface area contributed by atoms with Crippen molar-refractivity contribution in [3.05, 3.63) is 77.2 Å². The zero-order valence-electron chi connectivity index (χ0n) is 12.0. The molecule has 0 amide bonds. The van der Waals surface area contributed by atoms with Crippen LogP contribution in [0.2, 0.25) is 0 Å². The lowest BCUT2D eigenvalue weighted by molar-refractivity contribution is -0.657. The van der Waals surface area contributed by atoms with Crippen LogP contribution in [-0.4, -0.2) is 5.78 Å². The van der Waals surface area contributed by atoms with Crippen LogP contribution >= 0.6 is 0 Å². The van der Waals surface area contributed by atoms with E-state index in [0.29, 0.717) is 5.52 Å². The Hall–Kier alpha value is -2.83. The van der Waals surface area contributed by atoms with Crippen LogP contribution in [0.15, 0.2) is 42.6 Å². The molecule has 1 aromatic heterocycles. The number of ketones is 1. The average Bonchev–Trinajstić information content (AvgIpc) is 2.59. The lowest BCUT2D eigenvalue weighted by Crippen LogP contribution is -2.39. The van der Waals surface area contributed by atoms with E-state index in [-0.39, 0.29) is 0 Å². The first-order valence-corrected chi connectivity index (χ1v) is 6.83. The Bertz CT molecular complexity index is 936. The Balaban J connectivity index is 2.08. The van der Waals surface area contributed by atoms with E-state index in [0.717, 1.165) is 5.39 Å². The number of fused-ring (bicyclic) bond motifs is 1. The van der Waals surface area contributed by atoms with Gasteiger partial charge in [0.15, 0.2) is 29.5 Å². The molecule has 0 saturated carbocycles. The van der Waals surface area contributed by atoms with E-state index in [2.05, 4.69) is 0 Å². The van der Waals surface area contributed by atoms with Crippen LogP contribution in [0.25, 0.3) is 10.9 Å². The molecular formula is C17H9F5NO+. The van der Waals surface area contributed by atoms with Crippen LogP contribution in [-0.2, 0) is 6.54 Å². The van der Waals surface area contributed by atoms with Crippen molar-refractivity contribution in [1.29, 1.82) is 0 Å². The van der Waals surface area contributed by atoms with Gasteiger partial charge in [-0.2, -0.15) is 4.57 Å². The van der Waals surface area contributed by atoms with Crippen molar-refractivity contribution in [3.8, 4) is 0 Å². The minimum atomic E-state index is -2.29. The second kappa shape index (κ2) is 5.99. The molecule has 3 rings (SSSR count). The molecule has 2 nitrogen and oxygen atoms in total. The third-order valence-corrected chi connectivity index (χ3v) is 3.59. The Morgan fingerprint density at radius 2 is 1.33 bits per heavy atom. The van der Waals surface area contributed by atoms with Gasteiger partial charge in [-0.3, -0.25) is 4.79 Å². The number of halogens is 5. The fraction of sp³-hybridized carbons (Fsp3) is 0.0588. The summed E-state index contributed by atoms with van der Waals surface area (Å²) in [4.78, 5) is 12.2. The lowest BCUT2D eigenvalue weighted by Gasteiger charge is -2.06. The highest BCUT2D eigenvalue weighted by Gasteiger charge is 2.31. The molecule has 0 radical (unpaired) electrons. The number of carbonyl (C=O) groups is 1. The van der Waals surface area contributed by atoms with Gasteiger partial charge in [0.1, 0.15) is 5.56 Å². The molecule has 0 fully saturated rings. The van der Waals surface area contributed by atoms with Gasteiger partial charge in [0.25, 0.3) is 0 Å². The second-order valence-corrected chi connectivity index (χ2v) is 5.06. The van der Waals surface area contributed by atoms with Gasteiger partial charge in [0, 0.05) is 17.5 Å². The summed E-state index contributed by atoms with van der Waals surface area (Å²) in [5.41, 5.74) is -0.857. The molecule has 0 unspecified atom stereocenters.